The van der Waals surface area contributed by atoms with Crippen LogP contribution in [0.25, 0.3) is 0 Å². The summed E-state index contributed by atoms with van der Waals surface area (Å²) >= 11 is 0. The minimum absolute atomic E-state index is 0.133. The van der Waals surface area contributed by atoms with Crippen molar-refractivity contribution < 1.29 is 9.18 Å². The number of rotatable bonds is 3. The number of hydrogen-bond donors (Lipinski definition) is 0. The van der Waals surface area contributed by atoms with Gasteiger partial charge in [-0.15, -0.1) is 0 Å². The van der Waals surface area contributed by atoms with Crippen molar-refractivity contribution in [1.82, 2.24) is 4.90 Å². The molecule has 0 aliphatic carbocycles. The fraction of sp³-hybridized carbons (Fsp3) is 0.562. The Labute approximate surface area is 113 Å². The third-order valence-corrected chi connectivity index (χ3v) is 4.88. The average Bonchev–Trinajstić information content (AvgIpc) is 2.64. The number of carbonyl (C=O) groups excluding carboxylic acids is 1. The predicted molar refractivity (Wildman–Crippen MR) is 72.4 cm³/mol. The van der Waals surface area contributed by atoms with Crippen LogP contribution in [-0.2, 0) is 11.2 Å². The monoisotopic (exact) mass is 261 g/mol. The van der Waals surface area contributed by atoms with E-state index < -0.39 is 0 Å². The molecule has 2 aliphatic heterocycles. The van der Waals surface area contributed by atoms with Gasteiger partial charge in [-0.25, -0.2) is 4.39 Å². The molecular formula is C16H20FNO. The van der Waals surface area contributed by atoms with Gasteiger partial charge in [0.2, 0.25) is 0 Å². The van der Waals surface area contributed by atoms with Gasteiger partial charge in [-0.3, -0.25) is 4.79 Å². The number of carbonyl (C=O) groups is 1. The molecule has 2 atom stereocenters. The number of Topliss-reactive ketones (excluding diaryl/α,β-unsaturated/α-hetero) is 1. The van der Waals surface area contributed by atoms with E-state index in [9.17, 15) is 9.18 Å². The SMILES string of the molecule is CN1C2CCC1CC(C(=O)Cc1ccccc1F)C2. The molecule has 3 rings (SSSR count). The Kier molecular flexibility index (Phi) is 3.40. The number of fused-ring (bicyclic) bond motifs is 2. The van der Waals surface area contributed by atoms with Crippen molar-refractivity contribution in [3.63, 3.8) is 0 Å². The zero-order chi connectivity index (χ0) is 13.4. The Bertz CT molecular complexity index is 473. The van der Waals surface area contributed by atoms with Crippen molar-refractivity contribution in [3.8, 4) is 0 Å². The molecule has 2 nitrogen and oxygen atoms in total. The van der Waals surface area contributed by atoms with E-state index in [4.69, 9.17) is 0 Å². The van der Waals surface area contributed by atoms with Gasteiger partial charge in [-0.05, 0) is 44.4 Å². The van der Waals surface area contributed by atoms with Crippen LogP contribution < -0.4 is 0 Å². The molecule has 3 heteroatoms. The van der Waals surface area contributed by atoms with Gasteiger partial charge in [0.25, 0.3) is 0 Å². The van der Waals surface area contributed by atoms with E-state index >= 15 is 0 Å². The highest BCUT2D eigenvalue weighted by Crippen LogP contribution is 2.38. The normalized spacial score (nSPS) is 30.5. The molecule has 0 amide bonds. The summed E-state index contributed by atoms with van der Waals surface area (Å²) < 4.78 is 13.6. The van der Waals surface area contributed by atoms with E-state index in [1.54, 1.807) is 18.2 Å². The maximum atomic E-state index is 13.6. The molecule has 2 heterocycles. The predicted octanol–water partition coefficient (Wildman–Crippen LogP) is 2.81. The quantitative estimate of drug-likeness (QED) is 0.834. The standard InChI is InChI=1S/C16H20FNO/c1-18-13-6-7-14(18)9-12(8-13)16(19)10-11-4-2-3-5-15(11)17/h2-5,12-14H,6-10H2,1H3. The van der Waals surface area contributed by atoms with Crippen molar-refractivity contribution in [2.75, 3.05) is 7.05 Å². The average molecular weight is 261 g/mol. The summed E-state index contributed by atoms with van der Waals surface area (Å²) in [5.41, 5.74) is 0.541. The van der Waals surface area contributed by atoms with Crippen LogP contribution >= 0.6 is 0 Å². The van der Waals surface area contributed by atoms with Gasteiger partial charge in [-0.1, -0.05) is 18.2 Å². The highest BCUT2D eigenvalue weighted by atomic mass is 19.1. The molecule has 2 aliphatic rings. The topological polar surface area (TPSA) is 20.3 Å². The Hall–Kier alpha value is -1.22. The molecular weight excluding hydrogens is 241 g/mol. The van der Waals surface area contributed by atoms with E-state index in [0.717, 1.165) is 12.8 Å². The lowest BCUT2D eigenvalue weighted by Crippen LogP contribution is -2.42. The lowest BCUT2D eigenvalue weighted by atomic mass is 9.85. The van der Waals surface area contributed by atoms with Gasteiger partial charge in [0.1, 0.15) is 11.6 Å². The minimum atomic E-state index is -0.258. The second kappa shape index (κ2) is 5.04. The van der Waals surface area contributed by atoms with Crippen LogP contribution in [0, 0.1) is 11.7 Å². The molecule has 102 valence electrons. The summed E-state index contributed by atoms with van der Waals surface area (Å²) in [5, 5.41) is 0. The molecule has 1 aromatic carbocycles. The molecule has 2 fully saturated rings. The van der Waals surface area contributed by atoms with Gasteiger partial charge in [0.15, 0.2) is 0 Å². The second-order valence-corrected chi connectivity index (χ2v) is 5.95. The molecule has 2 saturated heterocycles. The number of piperidine rings is 1. The van der Waals surface area contributed by atoms with E-state index in [2.05, 4.69) is 11.9 Å². The molecule has 2 bridgehead atoms. The summed E-state index contributed by atoms with van der Waals surface area (Å²) in [7, 11) is 2.17. The number of ketones is 1. The molecule has 0 radical (unpaired) electrons. The number of halogens is 1. The zero-order valence-corrected chi connectivity index (χ0v) is 11.3. The van der Waals surface area contributed by atoms with Crippen LogP contribution in [0.15, 0.2) is 24.3 Å². The lowest BCUT2D eigenvalue weighted by Gasteiger charge is -2.35. The summed E-state index contributed by atoms with van der Waals surface area (Å²) in [6.45, 7) is 0. The minimum Gasteiger partial charge on any atom is -0.300 e. The zero-order valence-electron chi connectivity index (χ0n) is 11.3. The van der Waals surface area contributed by atoms with E-state index in [1.807, 2.05) is 0 Å². The highest BCUT2D eigenvalue weighted by molar-refractivity contribution is 5.83. The van der Waals surface area contributed by atoms with Gasteiger partial charge in [0.05, 0.1) is 0 Å². The van der Waals surface area contributed by atoms with E-state index in [0.29, 0.717) is 17.6 Å². The molecule has 2 unspecified atom stereocenters. The summed E-state index contributed by atoms with van der Waals surface area (Å²) in [5.74, 6) is 0.0927. The van der Waals surface area contributed by atoms with Crippen molar-refractivity contribution >= 4 is 5.78 Å². The Morgan fingerprint density at radius 1 is 1.26 bits per heavy atom. The smallest absolute Gasteiger partial charge is 0.140 e. The number of hydrogen-bond acceptors (Lipinski definition) is 2. The van der Waals surface area contributed by atoms with Crippen LogP contribution in [-0.4, -0.2) is 29.8 Å². The number of benzene rings is 1. The Balaban J connectivity index is 1.67. The van der Waals surface area contributed by atoms with E-state index in [-0.39, 0.29) is 23.9 Å². The van der Waals surface area contributed by atoms with Crippen LogP contribution in [0.2, 0.25) is 0 Å². The largest absolute Gasteiger partial charge is 0.300 e. The van der Waals surface area contributed by atoms with Gasteiger partial charge < -0.3 is 4.90 Å². The van der Waals surface area contributed by atoms with Crippen LogP contribution in [0.1, 0.15) is 31.2 Å². The maximum Gasteiger partial charge on any atom is 0.140 e. The first-order valence-electron chi connectivity index (χ1n) is 7.13. The fourth-order valence-corrected chi connectivity index (χ4v) is 3.65. The molecule has 0 spiro atoms. The molecule has 19 heavy (non-hydrogen) atoms. The van der Waals surface area contributed by atoms with Crippen LogP contribution in [0.5, 0.6) is 0 Å². The second-order valence-electron chi connectivity index (χ2n) is 5.95. The highest BCUT2D eigenvalue weighted by Gasteiger charge is 2.40. The third kappa shape index (κ3) is 2.44. The van der Waals surface area contributed by atoms with Crippen LogP contribution in [0.4, 0.5) is 4.39 Å². The van der Waals surface area contributed by atoms with Gasteiger partial charge >= 0.3 is 0 Å². The van der Waals surface area contributed by atoms with Gasteiger partial charge in [-0.2, -0.15) is 0 Å². The molecule has 0 aromatic heterocycles. The Morgan fingerprint density at radius 3 is 2.53 bits per heavy atom. The van der Waals surface area contributed by atoms with Crippen molar-refractivity contribution in [3.05, 3.63) is 35.6 Å². The summed E-state index contributed by atoms with van der Waals surface area (Å²) in [6.07, 6.45) is 4.59. The first-order chi connectivity index (χ1) is 9.15. The number of nitrogens with zero attached hydrogens (tertiary/aromatic N) is 1. The van der Waals surface area contributed by atoms with Crippen LogP contribution in [0.3, 0.4) is 0 Å². The van der Waals surface area contributed by atoms with Crippen molar-refractivity contribution in [2.45, 2.75) is 44.2 Å². The molecule has 0 N–H and O–H groups in total. The first-order valence-corrected chi connectivity index (χ1v) is 7.13. The van der Waals surface area contributed by atoms with E-state index in [1.165, 1.54) is 18.9 Å². The Morgan fingerprint density at radius 2 is 1.89 bits per heavy atom. The third-order valence-electron chi connectivity index (χ3n) is 4.88. The summed E-state index contributed by atoms with van der Waals surface area (Å²) in [4.78, 5) is 14.8. The maximum absolute atomic E-state index is 13.6. The van der Waals surface area contributed by atoms with Crippen molar-refractivity contribution in [1.29, 1.82) is 0 Å². The first kappa shape index (κ1) is 12.8. The fourth-order valence-electron chi connectivity index (χ4n) is 3.65. The summed E-state index contributed by atoms with van der Waals surface area (Å²) in [6, 6.07) is 7.74. The van der Waals surface area contributed by atoms with Gasteiger partial charge in [0, 0.05) is 24.4 Å². The lowest BCUT2D eigenvalue weighted by molar-refractivity contribution is -0.124. The molecule has 0 saturated carbocycles. The van der Waals surface area contributed by atoms with Crippen molar-refractivity contribution in [2.24, 2.45) is 5.92 Å². The molecule has 1 aromatic rings.